The fourth-order valence-electron chi connectivity index (χ4n) is 3.94. The molecule has 0 N–H and O–H groups in total. The van der Waals surface area contributed by atoms with Crippen molar-refractivity contribution in [3.63, 3.8) is 0 Å². The maximum atomic E-state index is 9.06. The molecule has 0 aromatic heterocycles. The van der Waals surface area contributed by atoms with Crippen LogP contribution in [0.15, 0.2) is 24.3 Å². The number of diazo groups is 2. The topological polar surface area (TPSA) is 99.7 Å². The summed E-state index contributed by atoms with van der Waals surface area (Å²) in [5.74, 6) is 2.55. The first kappa shape index (κ1) is 40.9. The average molecular weight is 736 g/mol. The molecule has 0 spiro atoms. The summed E-state index contributed by atoms with van der Waals surface area (Å²) in [4.78, 5) is 10.9. The van der Waals surface area contributed by atoms with Gasteiger partial charge in [-0.15, -0.1) is 0 Å². The second-order valence-corrected chi connectivity index (χ2v) is 36.2. The molecule has 0 saturated carbocycles. The van der Waals surface area contributed by atoms with Gasteiger partial charge in [-0.05, 0) is 55.4 Å². The minimum atomic E-state index is -3.36. The minimum absolute atomic E-state index is 0.390. The molecular weight excluding hydrogens is 692 g/mol. The third kappa shape index (κ3) is 14.9. The van der Waals surface area contributed by atoms with Gasteiger partial charge in [-0.2, -0.15) is 0 Å². The molecule has 0 atom stereocenters. The summed E-state index contributed by atoms with van der Waals surface area (Å²) in [6, 6.07) is 7.16. The fraction of sp³-hybridized carbons (Fsp3) is 0.571. The van der Waals surface area contributed by atoms with Crippen molar-refractivity contribution in [2.45, 2.75) is 55.4 Å². The molecule has 0 amide bonds. The second-order valence-electron chi connectivity index (χ2n) is 8.46. The van der Waals surface area contributed by atoms with E-state index < -0.39 is 10.8 Å². The quantitative estimate of drug-likeness (QED) is 0.140. The predicted octanol–water partition coefficient (Wildman–Crippen LogP) is 10.4. The number of halogens is 4. The number of ether oxygens (including phenoxy) is 4. The monoisotopic (exact) mass is 732 g/mol. The van der Waals surface area contributed by atoms with E-state index in [-0.39, 0.29) is 0 Å². The predicted molar refractivity (Wildman–Crippen MR) is 178 cm³/mol. The molecule has 2 rings (SSSR count). The average Bonchev–Trinajstić information content (AvgIpc) is 2.96. The number of hydrogen-bond donors (Lipinski definition) is 0. The third-order valence-corrected chi connectivity index (χ3v) is 5.70. The van der Waals surface area contributed by atoms with Gasteiger partial charge in [0.2, 0.25) is 22.3 Å². The van der Waals surface area contributed by atoms with Crippen LogP contribution in [0.4, 0.5) is 22.7 Å². The summed E-state index contributed by atoms with van der Waals surface area (Å²) < 4.78 is 22.3. The van der Waals surface area contributed by atoms with Crippen molar-refractivity contribution in [2.24, 2.45) is 0 Å². The number of anilines is 2. The standard InChI is InChI=1S/2C14H22N3O2.4ClH.Zn/c2*1-5-17(6-2)12-10-13(18-7-3)11(16-15)9-14(12)19-8-4;;;;;/h2*9-10H,5-8H2,1-4H3;4*1H;/q2*+1;;;;;+2/p-4. The van der Waals surface area contributed by atoms with Crippen molar-refractivity contribution in [1.82, 2.24) is 0 Å². The molecular formula is C28H44Cl4N6O4Zn. The van der Waals surface area contributed by atoms with E-state index in [1.165, 1.54) is 0 Å². The van der Waals surface area contributed by atoms with Crippen LogP contribution in [0.1, 0.15) is 55.4 Å². The van der Waals surface area contributed by atoms with E-state index in [2.05, 4.69) is 47.4 Å². The van der Waals surface area contributed by atoms with E-state index in [0.717, 1.165) is 37.6 Å². The van der Waals surface area contributed by atoms with Crippen LogP contribution in [0.5, 0.6) is 23.0 Å². The Labute approximate surface area is 275 Å². The molecule has 0 bridgehead atoms. The van der Waals surface area contributed by atoms with Crippen LogP contribution >= 0.6 is 38.8 Å². The van der Waals surface area contributed by atoms with Gasteiger partial charge in [0.15, 0.2) is 21.5 Å². The zero-order chi connectivity index (χ0) is 33.0. The van der Waals surface area contributed by atoms with Crippen molar-refractivity contribution in [1.29, 1.82) is 10.8 Å². The van der Waals surface area contributed by atoms with Crippen molar-refractivity contribution in [3.8, 4) is 23.0 Å². The Bertz CT molecular complexity index is 1090. The van der Waals surface area contributed by atoms with Crippen LogP contribution in [-0.2, 0) is 10.8 Å². The molecule has 10 nitrogen and oxygen atoms in total. The van der Waals surface area contributed by atoms with Gasteiger partial charge < -0.3 is 28.7 Å². The van der Waals surface area contributed by atoms with Crippen molar-refractivity contribution in [2.75, 3.05) is 62.4 Å². The van der Waals surface area contributed by atoms with Gasteiger partial charge in [-0.25, -0.2) is 0 Å². The first-order valence-electron chi connectivity index (χ1n) is 14.6. The first-order chi connectivity index (χ1) is 20.4. The van der Waals surface area contributed by atoms with Crippen LogP contribution in [-0.4, -0.2) is 52.6 Å². The number of hydrogen-bond acceptors (Lipinski definition) is 8. The SMILES string of the molecule is CCOc1cc(N(CC)CC)c(OCC)cc1[N+]#N.CCOc1cc(N(CC)CC)c(OCC)cc1[N+]#N.[Cl][Zn-2]([Cl])([Cl])[Cl]. The van der Waals surface area contributed by atoms with Gasteiger partial charge >= 0.3 is 61.0 Å². The molecule has 0 radical (unpaired) electrons. The summed E-state index contributed by atoms with van der Waals surface area (Å²) in [7, 11) is 16.8. The Morgan fingerprint density at radius 3 is 1.00 bits per heavy atom. The summed E-state index contributed by atoms with van der Waals surface area (Å²) in [5.41, 5.74) is 2.70. The van der Waals surface area contributed by atoms with Gasteiger partial charge in [-0.1, -0.05) is 0 Å². The van der Waals surface area contributed by atoms with Crippen LogP contribution in [0.3, 0.4) is 0 Å². The van der Waals surface area contributed by atoms with Gasteiger partial charge in [0, 0.05) is 38.3 Å². The van der Waals surface area contributed by atoms with Crippen LogP contribution in [0.25, 0.3) is 9.95 Å². The molecule has 0 unspecified atom stereocenters. The van der Waals surface area contributed by atoms with E-state index >= 15 is 0 Å². The molecule has 15 heteroatoms. The zero-order valence-corrected chi connectivity index (χ0v) is 32.5. The molecule has 2 aromatic rings. The van der Waals surface area contributed by atoms with Crippen LogP contribution < -0.4 is 28.7 Å². The number of nitrogens with zero attached hydrogens (tertiary/aromatic N) is 6. The first-order valence-corrected chi connectivity index (χ1v) is 30.2. The van der Waals surface area contributed by atoms with E-state index in [1.54, 1.807) is 12.1 Å². The van der Waals surface area contributed by atoms with Crippen LogP contribution in [0.2, 0.25) is 0 Å². The van der Waals surface area contributed by atoms with Crippen molar-refractivity contribution < 1.29 is 29.8 Å². The zero-order valence-electron chi connectivity index (χ0n) is 26.5. The van der Waals surface area contributed by atoms with Gasteiger partial charge in [0.25, 0.3) is 0 Å². The van der Waals surface area contributed by atoms with E-state index in [1.807, 2.05) is 39.8 Å². The number of benzene rings is 2. The summed E-state index contributed by atoms with van der Waals surface area (Å²) >= 11 is 0. The maximum absolute atomic E-state index is 9.06. The molecule has 2 aromatic carbocycles. The summed E-state index contributed by atoms with van der Waals surface area (Å²) in [5, 5.41) is 18.1. The summed E-state index contributed by atoms with van der Waals surface area (Å²) in [6.45, 7) is 21.7. The summed E-state index contributed by atoms with van der Waals surface area (Å²) in [6.07, 6.45) is 0. The fourth-order valence-corrected chi connectivity index (χ4v) is 3.94. The Morgan fingerprint density at radius 2 is 0.791 bits per heavy atom. The number of rotatable bonds is 14. The molecule has 0 aliphatic rings. The normalized spacial score (nSPS) is 10.1. The second kappa shape index (κ2) is 22.4. The van der Waals surface area contributed by atoms with Gasteiger partial charge in [0.1, 0.15) is 0 Å². The van der Waals surface area contributed by atoms with E-state index in [4.69, 9.17) is 68.5 Å². The molecule has 0 aliphatic carbocycles. The van der Waals surface area contributed by atoms with Gasteiger partial charge in [-0.3, -0.25) is 0 Å². The van der Waals surface area contributed by atoms with E-state index in [9.17, 15) is 0 Å². The third-order valence-electron chi connectivity index (χ3n) is 5.70. The molecule has 240 valence electrons. The molecule has 43 heavy (non-hydrogen) atoms. The van der Waals surface area contributed by atoms with E-state index in [0.29, 0.717) is 60.8 Å². The molecule has 0 fully saturated rings. The Kier molecular flexibility index (Phi) is 21.3. The Hall–Kier alpha value is -2.14. The van der Waals surface area contributed by atoms with Crippen molar-refractivity contribution >= 4 is 61.5 Å². The van der Waals surface area contributed by atoms with Crippen LogP contribution in [0, 0.1) is 10.8 Å². The molecule has 0 aliphatic heterocycles. The van der Waals surface area contributed by atoms with Gasteiger partial charge in [0.05, 0.1) is 49.9 Å². The Balaban J connectivity index is 0.000000709. The van der Waals surface area contributed by atoms with Crippen molar-refractivity contribution in [3.05, 3.63) is 34.2 Å². The molecule has 0 saturated heterocycles. The Morgan fingerprint density at radius 1 is 0.535 bits per heavy atom. The molecule has 0 heterocycles.